The van der Waals surface area contributed by atoms with Crippen molar-refractivity contribution in [3.05, 3.63) is 36.6 Å². The molecule has 2 nitrogen and oxygen atoms in total. The van der Waals surface area contributed by atoms with E-state index in [0.29, 0.717) is 0 Å². The highest BCUT2D eigenvalue weighted by Gasteiger charge is 2.20. The van der Waals surface area contributed by atoms with Crippen molar-refractivity contribution in [2.24, 2.45) is 0 Å². The van der Waals surface area contributed by atoms with Crippen molar-refractivity contribution in [3.63, 3.8) is 0 Å². The largest absolute Gasteiger partial charge is 0.480 e. The molecule has 0 N–H and O–H groups in total. The van der Waals surface area contributed by atoms with E-state index in [1.165, 1.54) is 0 Å². The van der Waals surface area contributed by atoms with Crippen molar-refractivity contribution >= 4 is 0 Å². The molecule has 0 radical (unpaired) electrons. The van der Waals surface area contributed by atoms with E-state index < -0.39 is 0 Å². The molecule has 0 bridgehead atoms. The van der Waals surface area contributed by atoms with Gasteiger partial charge >= 0.3 is 0 Å². The maximum Gasteiger partial charge on any atom is 0.168 e. The molecule has 0 spiro atoms. The first kappa shape index (κ1) is 8.17. The fourth-order valence-electron chi connectivity index (χ4n) is 1.22. The van der Waals surface area contributed by atoms with Crippen LogP contribution in [-0.2, 0) is 0 Å². The number of para-hydroxylation sites is 2. The molecule has 2 rings (SSSR count). The second-order valence-electron chi connectivity index (χ2n) is 3.57. The van der Waals surface area contributed by atoms with E-state index in [0.717, 1.165) is 11.5 Å². The van der Waals surface area contributed by atoms with Crippen LogP contribution in [0.3, 0.4) is 0 Å². The Balaban J connectivity index is 2.41. The summed E-state index contributed by atoms with van der Waals surface area (Å²) < 4.78 is 11.1. The number of hydrogen-bond acceptors (Lipinski definition) is 2. The Morgan fingerprint density at radius 3 is 2.54 bits per heavy atom. The maximum atomic E-state index is 5.73. The molecule has 1 aliphatic heterocycles. The molecule has 1 aromatic carbocycles. The Morgan fingerprint density at radius 1 is 1.08 bits per heavy atom. The molecule has 0 saturated heterocycles. The van der Waals surface area contributed by atoms with Crippen molar-refractivity contribution in [1.82, 2.24) is 0 Å². The van der Waals surface area contributed by atoms with E-state index in [4.69, 9.17) is 9.47 Å². The average molecular weight is 176 g/mol. The number of hydrogen-bond donors (Lipinski definition) is 0. The Kier molecular flexibility index (Phi) is 1.76. The lowest BCUT2D eigenvalue weighted by Gasteiger charge is -2.20. The van der Waals surface area contributed by atoms with Crippen LogP contribution in [0.4, 0.5) is 0 Å². The average Bonchev–Trinajstić information content (AvgIpc) is 2.21. The van der Waals surface area contributed by atoms with Gasteiger partial charge in [-0.3, -0.25) is 0 Å². The summed E-state index contributed by atoms with van der Waals surface area (Å²) in [5.74, 6) is 1.56. The smallest absolute Gasteiger partial charge is 0.168 e. The van der Waals surface area contributed by atoms with Crippen LogP contribution in [0.2, 0.25) is 0 Å². The molecule has 2 heteroatoms. The monoisotopic (exact) mass is 176 g/mol. The molecule has 0 aliphatic carbocycles. The molecule has 0 atom stereocenters. The first-order valence-electron chi connectivity index (χ1n) is 4.30. The molecular weight excluding hydrogens is 164 g/mol. The highest BCUT2D eigenvalue weighted by molar-refractivity contribution is 5.41. The van der Waals surface area contributed by atoms with Crippen LogP contribution < -0.4 is 9.47 Å². The van der Waals surface area contributed by atoms with Gasteiger partial charge in [0.05, 0.1) is 6.26 Å². The predicted octanol–water partition coefficient (Wildman–Crippen LogP) is 2.75. The van der Waals surface area contributed by atoms with Gasteiger partial charge in [0.2, 0.25) is 0 Å². The van der Waals surface area contributed by atoms with Crippen LogP contribution in [0.5, 0.6) is 11.5 Å². The van der Waals surface area contributed by atoms with Crippen molar-refractivity contribution in [1.29, 1.82) is 0 Å². The summed E-state index contributed by atoms with van der Waals surface area (Å²) in [5, 5.41) is 0. The Bertz CT molecular complexity index is 340. The molecule has 13 heavy (non-hydrogen) atoms. The minimum absolute atomic E-state index is 0.299. The fourth-order valence-corrected chi connectivity index (χ4v) is 1.22. The third kappa shape index (κ3) is 1.66. The summed E-state index contributed by atoms with van der Waals surface area (Å²) in [6.07, 6.45) is 3.57. The number of ether oxygens (including phenoxy) is 2. The molecule has 0 amide bonds. The van der Waals surface area contributed by atoms with Gasteiger partial charge < -0.3 is 9.47 Å². The quantitative estimate of drug-likeness (QED) is 0.605. The van der Waals surface area contributed by atoms with E-state index in [1.807, 2.05) is 44.2 Å². The molecular formula is C11H12O2. The van der Waals surface area contributed by atoms with E-state index in [-0.39, 0.29) is 5.60 Å². The highest BCUT2D eigenvalue weighted by atomic mass is 16.5. The van der Waals surface area contributed by atoms with E-state index in [2.05, 4.69) is 0 Å². The molecule has 0 fully saturated rings. The van der Waals surface area contributed by atoms with Gasteiger partial charge in [0.1, 0.15) is 5.60 Å². The lowest BCUT2D eigenvalue weighted by atomic mass is 10.1. The second kappa shape index (κ2) is 2.80. The summed E-state index contributed by atoms with van der Waals surface area (Å²) in [7, 11) is 0. The third-order valence-electron chi connectivity index (χ3n) is 1.89. The fraction of sp³-hybridized carbons (Fsp3) is 0.273. The van der Waals surface area contributed by atoms with E-state index in [1.54, 1.807) is 6.26 Å². The molecule has 0 aromatic heterocycles. The summed E-state index contributed by atoms with van der Waals surface area (Å²) >= 11 is 0. The van der Waals surface area contributed by atoms with Gasteiger partial charge in [0.15, 0.2) is 11.5 Å². The lowest BCUT2D eigenvalue weighted by Crippen LogP contribution is -2.24. The number of rotatable bonds is 0. The van der Waals surface area contributed by atoms with E-state index in [9.17, 15) is 0 Å². The topological polar surface area (TPSA) is 18.5 Å². The van der Waals surface area contributed by atoms with Crippen LogP contribution in [-0.4, -0.2) is 5.60 Å². The van der Waals surface area contributed by atoms with Crippen molar-refractivity contribution in [2.45, 2.75) is 19.4 Å². The van der Waals surface area contributed by atoms with Gasteiger partial charge in [-0.15, -0.1) is 0 Å². The van der Waals surface area contributed by atoms with Crippen molar-refractivity contribution in [2.75, 3.05) is 0 Å². The normalized spacial score (nSPS) is 18.0. The molecule has 68 valence electrons. The SMILES string of the molecule is CC1(C)C=COc2ccccc2O1. The van der Waals surface area contributed by atoms with Gasteiger partial charge in [-0.05, 0) is 32.1 Å². The molecule has 1 heterocycles. The first-order valence-corrected chi connectivity index (χ1v) is 4.30. The van der Waals surface area contributed by atoms with Crippen molar-refractivity contribution < 1.29 is 9.47 Å². The highest BCUT2D eigenvalue weighted by Crippen LogP contribution is 2.32. The first-order chi connectivity index (χ1) is 6.17. The maximum absolute atomic E-state index is 5.73. The van der Waals surface area contributed by atoms with Crippen LogP contribution in [0, 0.1) is 0 Å². The minimum Gasteiger partial charge on any atom is -0.480 e. The zero-order chi connectivity index (χ0) is 9.31. The Labute approximate surface area is 77.8 Å². The van der Waals surface area contributed by atoms with E-state index >= 15 is 0 Å². The Hall–Kier alpha value is -1.44. The van der Waals surface area contributed by atoms with Crippen LogP contribution in [0.25, 0.3) is 0 Å². The minimum atomic E-state index is -0.299. The van der Waals surface area contributed by atoms with Crippen LogP contribution in [0.15, 0.2) is 36.6 Å². The van der Waals surface area contributed by atoms with Crippen molar-refractivity contribution in [3.8, 4) is 11.5 Å². The molecule has 0 saturated carbocycles. The predicted molar refractivity (Wildman–Crippen MR) is 50.9 cm³/mol. The molecule has 0 unspecified atom stereocenters. The molecule has 1 aromatic rings. The summed E-state index contributed by atoms with van der Waals surface area (Å²) in [6.45, 7) is 3.99. The molecule has 1 aliphatic rings. The number of benzene rings is 1. The summed E-state index contributed by atoms with van der Waals surface area (Å²) in [4.78, 5) is 0. The number of fused-ring (bicyclic) bond motifs is 1. The van der Waals surface area contributed by atoms with Gasteiger partial charge in [-0.1, -0.05) is 12.1 Å². The van der Waals surface area contributed by atoms with Gasteiger partial charge in [-0.25, -0.2) is 0 Å². The standard InChI is InChI=1S/C11H12O2/c1-11(2)7-8-12-9-5-3-4-6-10(9)13-11/h3-8H,1-2H3. The lowest BCUT2D eigenvalue weighted by molar-refractivity contribution is 0.163. The zero-order valence-electron chi connectivity index (χ0n) is 7.78. The summed E-state index contributed by atoms with van der Waals surface area (Å²) in [6, 6.07) is 7.66. The van der Waals surface area contributed by atoms with Gasteiger partial charge in [0.25, 0.3) is 0 Å². The third-order valence-corrected chi connectivity index (χ3v) is 1.89. The van der Waals surface area contributed by atoms with Crippen LogP contribution >= 0.6 is 0 Å². The second-order valence-corrected chi connectivity index (χ2v) is 3.57. The van der Waals surface area contributed by atoms with Gasteiger partial charge in [-0.2, -0.15) is 0 Å². The summed E-state index contributed by atoms with van der Waals surface area (Å²) in [5.41, 5.74) is -0.299. The zero-order valence-corrected chi connectivity index (χ0v) is 7.78. The Morgan fingerprint density at radius 2 is 1.77 bits per heavy atom. The van der Waals surface area contributed by atoms with Crippen LogP contribution in [0.1, 0.15) is 13.8 Å². The van der Waals surface area contributed by atoms with Gasteiger partial charge in [0, 0.05) is 0 Å².